The first kappa shape index (κ1) is 14.4. The van der Waals surface area contributed by atoms with Crippen LogP contribution in [-0.4, -0.2) is 47.3 Å². The van der Waals surface area contributed by atoms with Gasteiger partial charge in [0.05, 0.1) is 12.8 Å². The van der Waals surface area contributed by atoms with Crippen LogP contribution in [0.25, 0.3) is 0 Å². The SMILES string of the molecule is COCC(C)NC(=NCCCn1ccnn1)NN. The van der Waals surface area contributed by atoms with E-state index in [9.17, 15) is 0 Å². The van der Waals surface area contributed by atoms with Crippen molar-refractivity contribution in [3.8, 4) is 0 Å². The second-order valence-electron chi connectivity index (χ2n) is 3.90. The Morgan fingerprint density at radius 2 is 2.44 bits per heavy atom. The van der Waals surface area contributed by atoms with Crippen molar-refractivity contribution in [2.75, 3.05) is 20.3 Å². The van der Waals surface area contributed by atoms with Gasteiger partial charge in [0.2, 0.25) is 5.96 Å². The van der Waals surface area contributed by atoms with Crippen molar-refractivity contribution < 1.29 is 4.74 Å². The van der Waals surface area contributed by atoms with Gasteiger partial charge in [0.1, 0.15) is 0 Å². The predicted molar refractivity (Wildman–Crippen MR) is 68.7 cm³/mol. The van der Waals surface area contributed by atoms with Crippen LogP contribution in [0.15, 0.2) is 17.4 Å². The highest BCUT2D eigenvalue weighted by atomic mass is 16.5. The average molecular weight is 255 g/mol. The fraction of sp³-hybridized carbons (Fsp3) is 0.700. The average Bonchev–Trinajstić information content (AvgIpc) is 2.86. The first-order valence-electron chi connectivity index (χ1n) is 5.87. The van der Waals surface area contributed by atoms with E-state index in [0.717, 1.165) is 13.0 Å². The third kappa shape index (κ3) is 5.60. The predicted octanol–water partition coefficient (Wildman–Crippen LogP) is -0.888. The molecule has 0 aliphatic carbocycles. The minimum atomic E-state index is 0.153. The van der Waals surface area contributed by atoms with E-state index in [0.29, 0.717) is 19.1 Å². The van der Waals surface area contributed by atoms with Crippen LogP contribution >= 0.6 is 0 Å². The van der Waals surface area contributed by atoms with E-state index >= 15 is 0 Å². The molecule has 1 heterocycles. The van der Waals surface area contributed by atoms with Gasteiger partial charge < -0.3 is 10.1 Å². The molecule has 0 radical (unpaired) electrons. The van der Waals surface area contributed by atoms with E-state index in [1.165, 1.54) is 0 Å². The molecule has 8 nitrogen and oxygen atoms in total. The Morgan fingerprint density at radius 1 is 1.61 bits per heavy atom. The number of guanidine groups is 1. The van der Waals surface area contributed by atoms with Crippen LogP contribution in [0.4, 0.5) is 0 Å². The molecule has 8 heteroatoms. The highest BCUT2D eigenvalue weighted by molar-refractivity contribution is 5.79. The minimum absolute atomic E-state index is 0.153. The molecular formula is C10H21N7O. The van der Waals surface area contributed by atoms with E-state index in [1.807, 2.05) is 13.1 Å². The van der Waals surface area contributed by atoms with Crippen LogP contribution in [0.2, 0.25) is 0 Å². The summed E-state index contributed by atoms with van der Waals surface area (Å²) >= 11 is 0. The molecule has 1 aromatic rings. The van der Waals surface area contributed by atoms with Gasteiger partial charge in [-0.2, -0.15) is 0 Å². The molecule has 0 aromatic carbocycles. The number of methoxy groups -OCH3 is 1. The third-order valence-corrected chi connectivity index (χ3v) is 2.22. The summed E-state index contributed by atoms with van der Waals surface area (Å²) in [5, 5.41) is 10.7. The first-order chi connectivity index (χ1) is 8.76. The number of hydrazine groups is 1. The van der Waals surface area contributed by atoms with E-state index in [1.54, 1.807) is 18.0 Å². The molecular weight excluding hydrogens is 234 g/mol. The van der Waals surface area contributed by atoms with Crippen molar-refractivity contribution in [2.24, 2.45) is 10.8 Å². The van der Waals surface area contributed by atoms with Crippen molar-refractivity contribution in [3.63, 3.8) is 0 Å². The number of nitrogens with one attached hydrogen (secondary N) is 2. The molecule has 102 valence electrons. The van der Waals surface area contributed by atoms with Gasteiger partial charge in [0.15, 0.2) is 0 Å². The molecule has 0 aliphatic rings. The van der Waals surface area contributed by atoms with Crippen LogP contribution in [0.3, 0.4) is 0 Å². The fourth-order valence-corrected chi connectivity index (χ4v) is 1.43. The van der Waals surface area contributed by atoms with Crippen LogP contribution in [0, 0.1) is 0 Å². The zero-order chi connectivity index (χ0) is 13.2. The minimum Gasteiger partial charge on any atom is -0.383 e. The number of aliphatic imine (C=N–C) groups is 1. The zero-order valence-corrected chi connectivity index (χ0v) is 10.8. The molecule has 0 amide bonds. The summed E-state index contributed by atoms with van der Waals surface area (Å²) in [6.07, 6.45) is 4.35. The number of hydrogen-bond acceptors (Lipinski definition) is 5. The number of rotatable bonds is 7. The van der Waals surface area contributed by atoms with Gasteiger partial charge in [-0.3, -0.25) is 15.1 Å². The lowest BCUT2D eigenvalue weighted by Crippen LogP contribution is -2.46. The summed E-state index contributed by atoms with van der Waals surface area (Å²) in [4.78, 5) is 4.32. The van der Waals surface area contributed by atoms with Crippen LogP contribution in [0.1, 0.15) is 13.3 Å². The molecule has 0 spiro atoms. The highest BCUT2D eigenvalue weighted by Gasteiger charge is 2.03. The van der Waals surface area contributed by atoms with Crippen molar-refractivity contribution in [1.82, 2.24) is 25.7 Å². The lowest BCUT2D eigenvalue weighted by atomic mass is 10.4. The molecule has 0 fully saturated rings. The Hall–Kier alpha value is -1.67. The number of ether oxygens (including phenoxy) is 1. The molecule has 4 N–H and O–H groups in total. The molecule has 0 saturated heterocycles. The quantitative estimate of drug-likeness (QED) is 0.192. The number of hydrogen-bond donors (Lipinski definition) is 3. The fourth-order valence-electron chi connectivity index (χ4n) is 1.43. The second-order valence-corrected chi connectivity index (χ2v) is 3.90. The third-order valence-electron chi connectivity index (χ3n) is 2.22. The van der Waals surface area contributed by atoms with E-state index in [2.05, 4.69) is 26.0 Å². The summed E-state index contributed by atoms with van der Waals surface area (Å²) in [6, 6.07) is 0.153. The van der Waals surface area contributed by atoms with Crippen molar-refractivity contribution in [1.29, 1.82) is 0 Å². The van der Waals surface area contributed by atoms with Crippen molar-refractivity contribution >= 4 is 5.96 Å². The lowest BCUT2D eigenvalue weighted by Gasteiger charge is -2.15. The molecule has 18 heavy (non-hydrogen) atoms. The summed E-state index contributed by atoms with van der Waals surface area (Å²) in [5.74, 6) is 5.95. The molecule has 0 saturated carbocycles. The number of aromatic nitrogens is 3. The molecule has 0 bridgehead atoms. The smallest absolute Gasteiger partial charge is 0.206 e. The Balaban J connectivity index is 2.24. The van der Waals surface area contributed by atoms with Gasteiger partial charge in [0, 0.05) is 32.4 Å². The number of nitrogens with two attached hydrogens (primary N) is 1. The maximum absolute atomic E-state index is 5.38. The monoisotopic (exact) mass is 255 g/mol. The second kappa shape index (κ2) is 8.43. The Bertz CT molecular complexity index is 338. The molecule has 1 aromatic heterocycles. The normalized spacial score (nSPS) is 13.4. The van der Waals surface area contributed by atoms with Crippen LogP contribution in [0.5, 0.6) is 0 Å². The van der Waals surface area contributed by atoms with Crippen molar-refractivity contribution in [3.05, 3.63) is 12.4 Å². The maximum atomic E-state index is 5.38. The Morgan fingerprint density at radius 3 is 3.06 bits per heavy atom. The van der Waals surface area contributed by atoms with Crippen LogP contribution < -0.4 is 16.6 Å². The van der Waals surface area contributed by atoms with Gasteiger partial charge in [-0.05, 0) is 13.3 Å². The van der Waals surface area contributed by atoms with Crippen molar-refractivity contribution in [2.45, 2.75) is 25.9 Å². The number of nitrogens with zero attached hydrogens (tertiary/aromatic N) is 4. The summed E-state index contributed by atoms with van der Waals surface area (Å²) in [6.45, 7) is 4.03. The van der Waals surface area contributed by atoms with Gasteiger partial charge in [0.25, 0.3) is 0 Å². The molecule has 1 unspecified atom stereocenters. The highest BCUT2D eigenvalue weighted by Crippen LogP contribution is 1.89. The van der Waals surface area contributed by atoms with Gasteiger partial charge in [-0.15, -0.1) is 5.10 Å². The number of aryl methyl sites for hydroxylation is 1. The molecule has 1 rings (SSSR count). The largest absolute Gasteiger partial charge is 0.383 e. The van der Waals surface area contributed by atoms with Gasteiger partial charge in [-0.1, -0.05) is 5.21 Å². The zero-order valence-electron chi connectivity index (χ0n) is 10.8. The molecule has 0 aliphatic heterocycles. The summed E-state index contributed by atoms with van der Waals surface area (Å²) in [5.41, 5.74) is 2.53. The summed E-state index contributed by atoms with van der Waals surface area (Å²) < 4.78 is 6.79. The van der Waals surface area contributed by atoms with E-state index < -0.39 is 0 Å². The molecule has 1 atom stereocenters. The van der Waals surface area contributed by atoms with E-state index in [-0.39, 0.29) is 6.04 Å². The topological polar surface area (TPSA) is 102 Å². The standard InChI is InChI=1S/C10H21N7O/c1-9(8-18-2)14-10(15-11)12-4-3-6-17-7-5-13-16-17/h5,7,9H,3-4,6,8,11H2,1-2H3,(H2,12,14,15). The Kier molecular flexibility index (Phi) is 6.74. The lowest BCUT2D eigenvalue weighted by molar-refractivity contribution is 0.179. The van der Waals surface area contributed by atoms with E-state index in [4.69, 9.17) is 10.6 Å². The van der Waals surface area contributed by atoms with Crippen LogP contribution in [-0.2, 0) is 11.3 Å². The van der Waals surface area contributed by atoms with Gasteiger partial charge >= 0.3 is 0 Å². The first-order valence-corrected chi connectivity index (χ1v) is 5.87. The maximum Gasteiger partial charge on any atom is 0.206 e. The Labute approximate surface area is 107 Å². The van der Waals surface area contributed by atoms with Gasteiger partial charge in [-0.25, -0.2) is 5.84 Å². The summed E-state index contributed by atoms with van der Waals surface area (Å²) in [7, 11) is 1.66.